The first kappa shape index (κ1) is 20.1. The molecule has 0 saturated carbocycles. The summed E-state index contributed by atoms with van der Waals surface area (Å²) in [6, 6.07) is 13.0. The molecule has 3 rings (SSSR count). The molecule has 0 spiro atoms. The molecule has 3 amide bonds. The van der Waals surface area contributed by atoms with Gasteiger partial charge in [0.1, 0.15) is 18.2 Å². The summed E-state index contributed by atoms with van der Waals surface area (Å²) in [6.07, 6.45) is 0. The maximum absolute atomic E-state index is 12.9. The number of pyridine rings is 1. The van der Waals surface area contributed by atoms with Gasteiger partial charge in [0.15, 0.2) is 0 Å². The van der Waals surface area contributed by atoms with Crippen molar-refractivity contribution in [3.63, 3.8) is 0 Å². The normalized spacial score (nSPS) is 13.6. The van der Waals surface area contributed by atoms with Gasteiger partial charge >= 0.3 is 6.03 Å². The van der Waals surface area contributed by atoms with Gasteiger partial charge in [0.2, 0.25) is 5.88 Å². The van der Waals surface area contributed by atoms with Crippen molar-refractivity contribution < 1.29 is 14.3 Å². The van der Waals surface area contributed by atoms with Gasteiger partial charge in [-0.05, 0) is 18.6 Å². The van der Waals surface area contributed by atoms with Crippen molar-refractivity contribution >= 4 is 11.9 Å². The SMILES string of the molecule is CNC(=O)N1CCN(C(=O)c2cc(C#N)c(OCc3ccccc3)nc2C)CC1. The topological polar surface area (TPSA) is 98.6 Å². The molecule has 1 saturated heterocycles. The van der Waals surface area contributed by atoms with Gasteiger partial charge in [0, 0.05) is 33.2 Å². The Hall–Kier alpha value is -3.60. The summed E-state index contributed by atoms with van der Waals surface area (Å²) < 4.78 is 5.72. The fraction of sp³-hybridized carbons (Fsp3) is 0.333. The third-order valence-electron chi connectivity index (χ3n) is 4.82. The molecule has 0 aliphatic carbocycles. The summed E-state index contributed by atoms with van der Waals surface area (Å²) in [4.78, 5) is 32.3. The number of aryl methyl sites for hydroxylation is 1. The van der Waals surface area contributed by atoms with Crippen molar-refractivity contribution in [3.05, 3.63) is 58.8 Å². The Labute approximate surface area is 169 Å². The second-order valence-electron chi connectivity index (χ2n) is 6.69. The third kappa shape index (κ3) is 4.63. The summed E-state index contributed by atoms with van der Waals surface area (Å²) >= 11 is 0. The van der Waals surface area contributed by atoms with E-state index in [4.69, 9.17) is 4.74 Å². The molecule has 1 fully saturated rings. The van der Waals surface area contributed by atoms with E-state index in [-0.39, 0.29) is 30.0 Å². The molecular weight excluding hydrogens is 370 g/mol. The fourth-order valence-corrected chi connectivity index (χ4v) is 3.16. The molecular formula is C21H23N5O3. The molecule has 29 heavy (non-hydrogen) atoms. The van der Waals surface area contributed by atoms with E-state index in [1.54, 1.807) is 23.8 Å². The molecule has 0 unspecified atom stereocenters. The third-order valence-corrected chi connectivity index (χ3v) is 4.82. The maximum Gasteiger partial charge on any atom is 0.317 e. The number of carbonyl (C=O) groups excluding carboxylic acids is 2. The van der Waals surface area contributed by atoms with Gasteiger partial charge in [-0.25, -0.2) is 9.78 Å². The van der Waals surface area contributed by atoms with Gasteiger partial charge in [0.25, 0.3) is 5.91 Å². The second-order valence-corrected chi connectivity index (χ2v) is 6.69. The van der Waals surface area contributed by atoms with Gasteiger partial charge in [0.05, 0.1) is 11.3 Å². The lowest BCUT2D eigenvalue weighted by Crippen LogP contribution is -2.52. The molecule has 1 aliphatic heterocycles. The highest BCUT2D eigenvalue weighted by Gasteiger charge is 2.26. The highest BCUT2D eigenvalue weighted by atomic mass is 16.5. The number of hydrogen-bond acceptors (Lipinski definition) is 5. The van der Waals surface area contributed by atoms with Gasteiger partial charge < -0.3 is 19.9 Å². The number of aromatic nitrogens is 1. The lowest BCUT2D eigenvalue weighted by Gasteiger charge is -2.34. The lowest BCUT2D eigenvalue weighted by atomic mass is 10.1. The zero-order valence-corrected chi connectivity index (χ0v) is 16.5. The van der Waals surface area contributed by atoms with E-state index in [1.165, 1.54) is 6.07 Å². The number of ether oxygens (including phenoxy) is 1. The van der Waals surface area contributed by atoms with Crippen LogP contribution in [0.2, 0.25) is 0 Å². The zero-order chi connectivity index (χ0) is 20.8. The first-order chi connectivity index (χ1) is 14.0. The number of nitrogens with zero attached hydrogens (tertiary/aromatic N) is 4. The van der Waals surface area contributed by atoms with Crippen LogP contribution in [0, 0.1) is 18.3 Å². The van der Waals surface area contributed by atoms with Crippen molar-refractivity contribution in [2.24, 2.45) is 0 Å². The van der Waals surface area contributed by atoms with Crippen LogP contribution < -0.4 is 10.1 Å². The number of nitrogens with one attached hydrogen (secondary N) is 1. The molecule has 1 aromatic heterocycles. The molecule has 150 valence electrons. The van der Waals surface area contributed by atoms with Gasteiger partial charge in [-0.1, -0.05) is 30.3 Å². The van der Waals surface area contributed by atoms with Crippen LogP contribution in [0.4, 0.5) is 4.79 Å². The van der Waals surface area contributed by atoms with Crippen molar-refractivity contribution in [2.45, 2.75) is 13.5 Å². The van der Waals surface area contributed by atoms with Crippen molar-refractivity contribution in [1.29, 1.82) is 5.26 Å². The number of carbonyl (C=O) groups is 2. The Bertz CT molecular complexity index is 931. The predicted molar refractivity (Wildman–Crippen MR) is 106 cm³/mol. The van der Waals surface area contributed by atoms with Gasteiger partial charge in [-0.15, -0.1) is 0 Å². The number of piperazine rings is 1. The van der Waals surface area contributed by atoms with Crippen molar-refractivity contribution in [3.8, 4) is 11.9 Å². The molecule has 2 aromatic rings. The van der Waals surface area contributed by atoms with Crippen LogP contribution in [0.25, 0.3) is 0 Å². The molecule has 0 atom stereocenters. The second kappa shape index (κ2) is 9.06. The minimum absolute atomic E-state index is 0.151. The van der Waals surface area contributed by atoms with E-state index < -0.39 is 0 Å². The minimum Gasteiger partial charge on any atom is -0.472 e. The molecule has 8 nitrogen and oxygen atoms in total. The zero-order valence-electron chi connectivity index (χ0n) is 16.5. The molecule has 1 N–H and O–H groups in total. The highest BCUT2D eigenvalue weighted by Crippen LogP contribution is 2.22. The molecule has 8 heteroatoms. The van der Waals surface area contributed by atoms with E-state index in [0.29, 0.717) is 37.4 Å². The maximum atomic E-state index is 12.9. The molecule has 1 aromatic carbocycles. The Morgan fingerprint density at radius 1 is 1.17 bits per heavy atom. The Kier molecular flexibility index (Phi) is 6.29. The summed E-state index contributed by atoms with van der Waals surface area (Å²) in [5, 5.41) is 12.1. The number of nitriles is 1. The fourth-order valence-electron chi connectivity index (χ4n) is 3.16. The quantitative estimate of drug-likeness (QED) is 0.856. The minimum atomic E-state index is -0.197. The van der Waals surface area contributed by atoms with Gasteiger partial charge in [-0.2, -0.15) is 5.26 Å². The molecule has 0 bridgehead atoms. The summed E-state index contributed by atoms with van der Waals surface area (Å²) in [5.41, 5.74) is 2.07. The molecule has 0 radical (unpaired) electrons. The number of rotatable bonds is 4. The van der Waals surface area contributed by atoms with Crippen LogP contribution in [0.15, 0.2) is 36.4 Å². The average molecular weight is 393 g/mol. The molecule has 1 aliphatic rings. The summed E-state index contributed by atoms with van der Waals surface area (Å²) in [7, 11) is 1.58. The predicted octanol–water partition coefficient (Wildman–Crippen LogP) is 1.94. The number of benzene rings is 1. The largest absolute Gasteiger partial charge is 0.472 e. The number of urea groups is 1. The Morgan fingerprint density at radius 2 is 1.83 bits per heavy atom. The molecule has 2 heterocycles. The van der Waals surface area contributed by atoms with E-state index in [0.717, 1.165) is 5.56 Å². The summed E-state index contributed by atoms with van der Waals surface area (Å²) in [5.74, 6) is 0.0208. The Morgan fingerprint density at radius 3 is 2.45 bits per heavy atom. The lowest BCUT2D eigenvalue weighted by molar-refractivity contribution is 0.0664. The van der Waals surface area contributed by atoms with E-state index in [2.05, 4.69) is 16.4 Å². The average Bonchev–Trinajstić information content (AvgIpc) is 2.77. The monoisotopic (exact) mass is 393 g/mol. The van der Waals surface area contributed by atoms with Crippen LogP contribution in [0.3, 0.4) is 0 Å². The first-order valence-electron chi connectivity index (χ1n) is 9.38. The van der Waals surface area contributed by atoms with Crippen LogP contribution in [-0.4, -0.2) is 59.9 Å². The van der Waals surface area contributed by atoms with Crippen LogP contribution in [-0.2, 0) is 6.61 Å². The van der Waals surface area contributed by atoms with Crippen LogP contribution in [0.1, 0.15) is 27.2 Å². The number of hydrogen-bond donors (Lipinski definition) is 1. The van der Waals surface area contributed by atoms with Crippen molar-refractivity contribution in [1.82, 2.24) is 20.1 Å². The standard InChI is InChI=1S/C21H23N5O3/c1-15-18(20(27)25-8-10-26(11-9-25)21(28)23-2)12-17(13-22)19(24-15)29-14-16-6-4-3-5-7-16/h3-7,12H,8-11,14H2,1-2H3,(H,23,28). The number of amides is 3. The van der Waals surface area contributed by atoms with E-state index in [1.807, 2.05) is 30.3 Å². The van der Waals surface area contributed by atoms with Crippen molar-refractivity contribution in [2.75, 3.05) is 33.2 Å². The highest BCUT2D eigenvalue weighted by molar-refractivity contribution is 5.96. The summed E-state index contributed by atoms with van der Waals surface area (Å²) in [6.45, 7) is 3.80. The first-order valence-corrected chi connectivity index (χ1v) is 9.38. The smallest absolute Gasteiger partial charge is 0.317 e. The Balaban J connectivity index is 1.72. The van der Waals surface area contributed by atoms with Crippen LogP contribution in [0.5, 0.6) is 5.88 Å². The van der Waals surface area contributed by atoms with Gasteiger partial charge in [-0.3, -0.25) is 4.79 Å². The van der Waals surface area contributed by atoms with E-state index >= 15 is 0 Å². The van der Waals surface area contributed by atoms with Crippen LogP contribution >= 0.6 is 0 Å². The van der Waals surface area contributed by atoms with E-state index in [9.17, 15) is 14.9 Å².